The van der Waals surface area contributed by atoms with E-state index in [-0.39, 0.29) is 9.79 Å². The van der Waals surface area contributed by atoms with Gasteiger partial charge < -0.3 is 0 Å². The Kier molecular flexibility index (Phi) is 4.19. The molecule has 0 aliphatic heterocycles. The van der Waals surface area contributed by atoms with Gasteiger partial charge in [-0.2, -0.15) is 0 Å². The van der Waals surface area contributed by atoms with Crippen LogP contribution in [0.2, 0.25) is 0 Å². The second-order valence-electron chi connectivity index (χ2n) is 3.32. The molecule has 0 unspecified atom stereocenters. The maximum atomic E-state index is 13.3. The van der Waals surface area contributed by atoms with Crippen molar-refractivity contribution >= 4 is 21.6 Å². The van der Waals surface area contributed by atoms with Gasteiger partial charge in [0.2, 0.25) is 0 Å². The van der Waals surface area contributed by atoms with Crippen LogP contribution in [0.15, 0.2) is 46.2 Å². The van der Waals surface area contributed by atoms with Crippen LogP contribution < -0.4 is 0 Å². The SMILES string of the molecule is Fc1ccc(F)c(SSc2cc(F)ccc2F)c1. The van der Waals surface area contributed by atoms with Crippen LogP contribution in [0.25, 0.3) is 0 Å². The molecule has 2 rings (SSSR count). The van der Waals surface area contributed by atoms with Gasteiger partial charge in [-0.3, -0.25) is 0 Å². The summed E-state index contributed by atoms with van der Waals surface area (Å²) in [4.78, 5) is 0.0623. The average Bonchev–Trinajstić information content (AvgIpc) is 2.34. The predicted molar refractivity (Wildman–Crippen MR) is 64.4 cm³/mol. The summed E-state index contributed by atoms with van der Waals surface area (Å²) in [6, 6.07) is 5.97. The molecule has 0 saturated heterocycles. The highest BCUT2D eigenvalue weighted by Gasteiger charge is 2.09. The molecule has 0 fully saturated rings. The number of hydrogen-bond donors (Lipinski definition) is 0. The summed E-state index contributed by atoms with van der Waals surface area (Å²) in [6.07, 6.45) is 0. The van der Waals surface area contributed by atoms with Gasteiger partial charge in [-0.05, 0) is 58.0 Å². The largest absolute Gasteiger partial charge is 0.207 e. The summed E-state index contributed by atoms with van der Waals surface area (Å²) in [6.45, 7) is 0. The molecule has 6 heteroatoms. The van der Waals surface area contributed by atoms with Gasteiger partial charge in [0.15, 0.2) is 0 Å². The lowest BCUT2D eigenvalue weighted by molar-refractivity contribution is 0.576. The zero-order valence-electron chi connectivity index (χ0n) is 8.79. The molecule has 0 atom stereocenters. The first-order valence-corrected chi connectivity index (χ1v) is 6.96. The van der Waals surface area contributed by atoms with Gasteiger partial charge in [0.1, 0.15) is 23.3 Å². The summed E-state index contributed by atoms with van der Waals surface area (Å²) in [5.74, 6) is -2.38. The van der Waals surface area contributed by atoms with Crippen molar-refractivity contribution in [3.63, 3.8) is 0 Å². The lowest BCUT2D eigenvalue weighted by atomic mass is 10.3. The van der Waals surface area contributed by atoms with Gasteiger partial charge in [-0.15, -0.1) is 0 Å². The van der Waals surface area contributed by atoms with Crippen molar-refractivity contribution in [1.29, 1.82) is 0 Å². The predicted octanol–water partition coefficient (Wildman–Crippen LogP) is 5.04. The van der Waals surface area contributed by atoms with Gasteiger partial charge in [-0.25, -0.2) is 17.6 Å². The van der Waals surface area contributed by atoms with Crippen LogP contribution >= 0.6 is 21.6 Å². The summed E-state index contributed by atoms with van der Waals surface area (Å²) in [7, 11) is 1.66. The minimum absolute atomic E-state index is 0.0312. The highest BCUT2D eigenvalue weighted by Crippen LogP contribution is 2.40. The fraction of sp³-hybridized carbons (Fsp3) is 0. The van der Waals surface area contributed by atoms with Crippen LogP contribution in [-0.2, 0) is 0 Å². The minimum Gasteiger partial charge on any atom is -0.207 e. The van der Waals surface area contributed by atoms with Crippen molar-refractivity contribution in [2.24, 2.45) is 0 Å². The van der Waals surface area contributed by atoms with Gasteiger partial charge in [-0.1, -0.05) is 0 Å². The first kappa shape index (κ1) is 13.3. The van der Waals surface area contributed by atoms with E-state index in [0.29, 0.717) is 0 Å². The van der Waals surface area contributed by atoms with Crippen LogP contribution in [0.5, 0.6) is 0 Å². The van der Waals surface area contributed by atoms with Crippen molar-refractivity contribution in [2.75, 3.05) is 0 Å². The average molecular weight is 290 g/mol. The number of halogens is 4. The van der Waals surface area contributed by atoms with Gasteiger partial charge in [0.05, 0.1) is 9.79 Å². The topological polar surface area (TPSA) is 0 Å². The maximum Gasteiger partial charge on any atom is 0.137 e. The Morgan fingerprint density at radius 2 is 1.00 bits per heavy atom. The van der Waals surface area contributed by atoms with E-state index < -0.39 is 23.3 Å². The Hall–Kier alpha value is -1.14. The van der Waals surface area contributed by atoms with Crippen molar-refractivity contribution in [2.45, 2.75) is 9.79 Å². The van der Waals surface area contributed by atoms with Crippen LogP contribution in [0.3, 0.4) is 0 Å². The van der Waals surface area contributed by atoms with Gasteiger partial charge in [0, 0.05) is 0 Å². The van der Waals surface area contributed by atoms with Crippen molar-refractivity contribution in [3.8, 4) is 0 Å². The van der Waals surface area contributed by atoms with Crippen LogP contribution in [0.1, 0.15) is 0 Å². The molecule has 2 aromatic carbocycles. The third kappa shape index (κ3) is 3.20. The second-order valence-corrected chi connectivity index (χ2v) is 5.53. The highest BCUT2D eigenvalue weighted by atomic mass is 33.1. The Bertz CT molecular complexity index is 520. The van der Waals surface area contributed by atoms with Gasteiger partial charge in [0.25, 0.3) is 0 Å². The van der Waals surface area contributed by atoms with Crippen molar-refractivity contribution in [3.05, 3.63) is 59.7 Å². The Balaban J connectivity index is 2.16. The second kappa shape index (κ2) is 5.67. The first-order valence-electron chi connectivity index (χ1n) is 4.81. The molecular weight excluding hydrogens is 284 g/mol. The minimum atomic E-state index is -0.606. The number of rotatable bonds is 3. The smallest absolute Gasteiger partial charge is 0.137 e. The zero-order valence-corrected chi connectivity index (χ0v) is 10.4. The monoisotopic (exact) mass is 290 g/mol. The van der Waals surface area contributed by atoms with Crippen LogP contribution in [-0.4, -0.2) is 0 Å². The lowest BCUT2D eigenvalue weighted by Crippen LogP contribution is -1.84. The highest BCUT2D eigenvalue weighted by molar-refractivity contribution is 8.76. The third-order valence-electron chi connectivity index (χ3n) is 2.01. The molecule has 0 heterocycles. The number of hydrogen-bond acceptors (Lipinski definition) is 2. The molecule has 0 saturated carbocycles. The number of benzene rings is 2. The molecule has 94 valence electrons. The van der Waals surface area contributed by atoms with E-state index in [4.69, 9.17) is 0 Å². The zero-order chi connectivity index (χ0) is 13.1. The van der Waals surface area contributed by atoms with Gasteiger partial charge >= 0.3 is 0 Å². The van der Waals surface area contributed by atoms with Crippen molar-refractivity contribution in [1.82, 2.24) is 0 Å². The molecular formula is C12H6F4S2. The summed E-state index contributed by atoms with van der Waals surface area (Å²) in [5, 5.41) is 0. The lowest BCUT2D eigenvalue weighted by Gasteiger charge is -2.04. The van der Waals surface area contributed by atoms with Crippen LogP contribution in [0.4, 0.5) is 17.6 Å². The molecule has 0 bridgehead atoms. The van der Waals surface area contributed by atoms with E-state index in [1.165, 1.54) is 0 Å². The fourth-order valence-electron chi connectivity index (χ4n) is 1.17. The summed E-state index contributed by atoms with van der Waals surface area (Å²) in [5.41, 5.74) is 0. The Morgan fingerprint density at radius 3 is 1.39 bits per heavy atom. The molecule has 18 heavy (non-hydrogen) atoms. The molecule has 0 aliphatic carbocycles. The molecule has 0 nitrogen and oxygen atoms in total. The van der Waals surface area contributed by atoms with Crippen LogP contribution in [0, 0.1) is 23.3 Å². The Labute approximate surface area is 109 Å². The normalized spacial score (nSPS) is 10.7. The fourth-order valence-corrected chi connectivity index (χ4v) is 3.27. The molecule has 0 N–H and O–H groups in total. The van der Waals surface area contributed by atoms with E-state index >= 15 is 0 Å². The van der Waals surface area contributed by atoms with E-state index in [1.807, 2.05) is 0 Å². The first-order chi connectivity index (χ1) is 8.56. The molecule has 0 amide bonds. The molecule has 0 spiro atoms. The third-order valence-corrected chi connectivity index (χ3v) is 4.40. The van der Waals surface area contributed by atoms with Crippen molar-refractivity contribution < 1.29 is 17.6 Å². The molecule has 0 radical (unpaired) electrons. The molecule has 0 aliphatic rings. The maximum absolute atomic E-state index is 13.3. The molecule has 0 aromatic heterocycles. The van der Waals surface area contributed by atoms with E-state index in [2.05, 4.69) is 0 Å². The van der Waals surface area contributed by atoms with E-state index in [0.717, 1.165) is 58.0 Å². The quantitative estimate of drug-likeness (QED) is 0.573. The van der Waals surface area contributed by atoms with E-state index in [9.17, 15) is 17.6 Å². The molecule has 2 aromatic rings. The Morgan fingerprint density at radius 1 is 0.611 bits per heavy atom. The summed E-state index contributed by atoms with van der Waals surface area (Å²) >= 11 is 0. The standard InChI is InChI=1S/C12H6F4S2/c13-7-1-3-9(15)11(5-7)17-18-12-6-8(14)2-4-10(12)16/h1-6H. The van der Waals surface area contributed by atoms with E-state index in [1.54, 1.807) is 0 Å². The summed E-state index contributed by atoms with van der Waals surface area (Å²) < 4.78 is 52.4.